The average Bonchev–Trinajstić information content (AvgIpc) is 3.12. The van der Waals surface area contributed by atoms with Crippen molar-refractivity contribution in [3.05, 3.63) is 84.1 Å². The van der Waals surface area contributed by atoms with Gasteiger partial charge in [-0.3, -0.25) is 14.9 Å². The minimum Gasteiger partial charge on any atom is -0.475 e. The first-order chi connectivity index (χ1) is 21.2. The molecule has 4 rings (SSSR count). The van der Waals surface area contributed by atoms with Crippen molar-refractivity contribution >= 4 is 23.7 Å². The summed E-state index contributed by atoms with van der Waals surface area (Å²) in [5.41, 5.74) is 3.78. The van der Waals surface area contributed by atoms with Gasteiger partial charge in [0.05, 0.1) is 0 Å². The van der Waals surface area contributed by atoms with Gasteiger partial charge in [-0.05, 0) is 35.4 Å². The fourth-order valence-electron chi connectivity index (χ4n) is 3.27. The first-order valence-electron chi connectivity index (χ1n) is 12.3. The van der Waals surface area contributed by atoms with E-state index in [0.29, 0.717) is 0 Å². The molecule has 3 aromatic rings. The molecule has 0 unspecified atom stereocenters. The molecule has 11 nitrogen and oxygen atoms in total. The highest BCUT2D eigenvalue weighted by Gasteiger charge is 2.39. The van der Waals surface area contributed by atoms with Gasteiger partial charge in [-0.25, -0.2) is 19.4 Å². The summed E-state index contributed by atoms with van der Waals surface area (Å²) in [7, 11) is 0. The molecule has 0 fully saturated rings. The van der Waals surface area contributed by atoms with E-state index in [4.69, 9.17) is 29.7 Å². The van der Waals surface area contributed by atoms with Gasteiger partial charge in [0.25, 0.3) is 0 Å². The number of carbonyl (C=O) groups is 3. The van der Waals surface area contributed by atoms with Crippen LogP contribution in [0.2, 0.25) is 0 Å². The highest BCUT2D eigenvalue weighted by molar-refractivity contribution is 5.73. The number of rotatable bonds is 4. The van der Waals surface area contributed by atoms with E-state index in [0.717, 1.165) is 38.5 Å². The first kappa shape index (κ1) is 39.0. The molecule has 0 saturated heterocycles. The summed E-state index contributed by atoms with van der Waals surface area (Å²) >= 11 is 0. The third-order valence-electron chi connectivity index (χ3n) is 5.23. The minimum atomic E-state index is -5.08. The Labute approximate surface area is 253 Å². The van der Waals surface area contributed by atoms with Gasteiger partial charge >= 0.3 is 36.4 Å². The Kier molecular flexibility index (Phi) is 14.8. The lowest BCUT2D eigenvalue weighted by molar-refractivity contribution is -0.193. The lowest BCUT2D eigenvalue weighted by Crippen LogP contribution is -2.31. The number of carboxylic acids is 3. The van der Waals surface area contributed by atoms with Gasteiger partial charge in [-0.2, -0.15) is 39.5 Å². The summed E-state index contributed by atoms with van der Waals surface area (Å²) in [6, 6.07) is 12.5. The molecule has 0 aliphatic carbocycles. The standard InChI is InChI=1S/C20H21N5.3C2HF3O2/c1-3-18(13-22-7-1)14-24-11-12-25(15-17-5-9-21-10-6-17)20-19(16-24)4-2-8-23-20;3*3-2(4,5)1(6)7/h1-10,13H,11-12,14-16H2;3*(H,6,7). The summed E-state index contributed by atoms with van der Waals surface area (Å²) in [5, 5.41) is 21.4. The summed E-state index contributed by atoms with van der Waals surface area (Å²) in [6.07, 6.45) is -5.90. The number of aromatic nitrogens is 3. The van der Waals surface area contributed by atoms with Crippen LogP contribution in [0.3, 0.4) is 0 Å². The third kappa shape index (κ3) is 15.1. The number of fused-ring (bicyclic) bond motifs is 1. The number of halogens is 9. The van der Waals surface area contributed by atoms with E-state index in [-0.39, 0.29) is 0 Å². The molecule has 46 heavy (non-hydrogen) atoms. The van der Waals surface area contributed by atoms with Crippen LogP contribution in [0.15, 0.2) is 67.4 Å². The van der Waals surface area contributed by atoms with Crippen LogP contribution < -0.4 is 4.90 Å². The molecule has 0 radical (unpaired) electrons. The molecular formula is C26H24F9N5O6. The van der Waals surface area contributed by atoms with Crippen molar-refractivity contribution in [1.29, 1.82) is 0 Å². The summed E-state index contributed by atoms with van der Waals surface area (Å²) in [5.74, 6) is -7.18. The SMILES string of the molecule is O=C(O)C(F)(F)F.O=C(O)C(F)(F)F.O=C(O)C(F)(F)F.c1cncc(CN2CCN(Cc3ccncc3)c3ncccc3C2)c1. The Morgan fingerprint density at radius 3 is 1.61 bits per heavy atom. The molecule has 3 aromatic heterocycles. The maximum absolute atomic E-state index is 10.6. The van der Waals surface area contributed by atoms with Crippen molar-refractivity contribution in [2.24, 2.45) is 0 Å². The summed E-state index contributed by atoms with van der Waals surface area (Å²) < 4.78 is 95.2. The molecule has 0 aromatic carbocycles. The van der Waals surface area contributed by atoms with Gasteiger partial charge in [-0.1, -0.05) is 12.1 Å². The number of alkyl halides is 9. The highest BCUT2D eigenvalue weighted by Crippen LogP contribution is 2.25. The normalized spacial score (nSPS) is 13.2. The molecule has 252 valence electrons. The lowest BCUT2D eigenvalue weighted by Gasteiger charge is -2.24. The third-order valence-corrected chi connectivity index (χ3v) is 5.23. The quantitative estimate of drug-likeness (QED) is 0.327. The molecular weight excluding hydrogens is 649 g/mol. The molecule has 4 heterocycles. The van der Waals surface area contributed by atoms with Gasteiger partial charge in [0.2, 0.25) is 0 Å². The van der Waals surface area contributed by atoms with Crippen molar-refractivity contribution in [2.75, 3.05) is 18.0 Å². The largest absolute Gasteiger partial charge is 0.490 e. The highest BCUT2D eigenvalue weighted by atomic mass is 19.4. The van der Waals surface area contributed by atoms with Crippen LogP contribution >= 0.6 is 0 Å². The van der Waals surface area contributed by atoms with Crippen LogP contribution in [0, 0.1) is 0 Å². The van der Waals surface area contributed by atoms with Crippen molar-refractivity contribution in [1.82, 2.24) is 19.9 Å². The zero-order valence-electron chi connectivity index (χ0n) is 23.1. The van der Waals surface area contributed by atoms with Crippen molar-refractivity contribution in [3.8, 4) is 0 Å². The maximum Gasteiger partial charge on any atom is 0.490 e. The molecule has 1 aliphatic heterocycles. The summed E-state index contributed by atoms with van der Waals surface area (Å²) in [6.45, 7) is 4.62. The second kappa shape index (κ2) is 17.5. The molecule has 1 aliphatic rings. The minimum absolute atomic E-state index is 0.854. The zero-order valence-corrected chi connectivity index (χ0v) is 23.1. The van der Waals surface area contributed by atoms with Crippen LogP contribution in [0.4, 0.5) is 45.3 Å². The molecule has 20 heteroatoms. The van der Waals surface area contributed by atoms with E-state index < -0.39 is 36.4 Å². The maximum atomic E-state index is 10.6. The second-order valence-electron chi connectivity index (χ2n) is 8.74. The fraction of sp³-hybridized carbons (Fsp3) is 0.308. The van der Waals surface area contributed by atoms with Gasteiger partial charge in [0.1, 0.15) is 5.82 Å². The van der Waals surface area contributed by atoms with E-state index in [2.05, 4.69) is 49.0 Å². The zero-order chi connectivity index (χ0) is 35.1. The molecule has 0 spiro atoms. The van der Waals surface area contributed by atoms with Crippen LogP contribution in [-0.2, 0) is 34.0 Å². The van der Waals surface area contributed by atoms with Crippen molar-refractivity contribution in [2.45, 2.75) is 38.2 Å². The van der Waals surface area contributed by atoms with Gasteiger partial charge in [-0.15, -0.1) is 0 Å². The van der Waals surface area contributed by atoms with Crippen molar-refractivity contribution < 1.29 is 69.2 Å². The molecule has 0 atom stereocenters. The Bertz CT molecular complexity index is 1340. The van der Waals surface area contributed by atoms with Gasteiger partial charge in [0, 0.05) is 69.3 Å². The van der Waals surface area contributed by atoms with E-state index >= 15 is 0 Å². The van der Waals surface area contributed by atoms with E-state index in [1.807, 2.05) is 43.1 Å². The predicted octanol–water partition coefficient (Wildman–Crippen LogP) is 4.79. The second-order valence-corrected chi connectivity index (χ2v) is 8.74. The fourth-order valence-corrected chi connectivity index (χ4v) is 3.27. The Morgan fingerprint density at radius 1 is 0.652 bits per heavy atom. The van der Waals surface area contributed by atoms with Gasteiger partial charge < -0.3 is 20.2 Å². The number of pyridine rings is 3. The molecule has 0 saturated carbocycles. The Hall–Kier alpha value is -5.01. The van der Waals surface area contributed by atoms with Gasteiger partial charge in [0.15, 0.2) is 0 Å². The number of nitrogens with zero attached hydrogens (tertiary/aromatic N) is 5. The van der Waals surface area contributed by atoms with E-state index in [1.165, 1.54) is 16.7 Å². The molecule has 0 amide bonds. The average molecular weight is 673 g/mol. The van der Waals surface area contributed by atoms with Crippen LogP contribution in [-0.4, -0.2) is 84.7 Å². The molecule has 0 bridgehead atoms. The summed E-state index contributed by atoms with van der Waals surface area (Å²) in [4.78, 5) is 44.5. The van der Waals surface area contributed by atoms with E-state index in [1.54, 1.807) is 0 Å². The predicted molar refractivity (Wildman–Crippen MR) is 139 cm³/mol. The number of aliphatic carboxylic acids is 3. The van der Waals surface area contributed by atoms with Crippen LogP contribution in [0.1, 0.15) is 16.7 Å². The number of anilines is 1. The number of hydrogen-bond acceptors (Lipinski definition) is 8. The smallest absolute Gasteiger partial charge is 0.475 e. The first-order valence-corrected chi connectivity index (χ1v) is 12.3. The lowest BCUT2D eigenvalue weighted by atomic mass is 10.2. The number of carboxylic acid groups (broad SMARTS) is 3. The topological polar surface area (TPSA) is 157 Å². The van der Waals surface area contributed by atoms with Crippen molar-refractivity contribution in [3.63, 3.8) is 0 Å². The monoisotopic (exact) mass is 673 g/mol. The Morgan fingerprint density at radius 2 is 1.15 bits per heavy atom. The van der Waals surface area contributed by atoms with E-state index in [9.17, 15) is 39.5 Å². The Balaban J connectivity index is 0.000000413. The number of hydrogen-bond donors (Lipinski definition) is 3. The van der Waals surface area contributed by atoms with Crippen LogP contribution in [0.25, 0.3) is 0 Å². The molecule has 3 N–H and O–H groups in total. The van der Waals surface area contributed by atoms with Crippen LogP contribution in [0.5, 0.6) is 0 Å².